The molecule has 2 amide bonds. The normalized spacial score (nSPS) is 15.4. The summed E-state index contributed by atoms with van der Waals surface area (Å²) in [7, 11) is 0. The molecule has 0 bridgehead atoms. The third-order valence-electron chi connectivity index (χ3n) is 3.66. The van der Waals surface area contributed by atoms with Crippen LogP contribution in [0.15, 0.2) is 24.3 Å². The van der Waals surface area contributed by atoms with E-state index < -0.39 is 0 Å². The molecule has 104 valence electrons. The van der Waals surface area contributed by atoms with Crippen molar-refractivity contribution >= 4 is 11.7 Å². The molecule has 1 aliphatic heterocycles. The largest absolute Gasteiger partial charge is 0.326 e. The standard InChI is InChI=1S/C15H23N3O/c1-2-18(14-8-6-13(12-16)7-9-14)15(19)17-10-4-3-5-11-17/h6-9H,2-5,10-12,16H2,1H3. The summed E-state index contributed by atoms with van der Waals surface area (Å²) >= 11 is 0. The Bertz CT molecular complexity index is 410. The second-order valence-electron chi connectivity index (χ2n) is 4.95. The molecule has 0 saturated carbocycles. The number of carbonyl (C=O) groups is 1. The van der Waals surface area contributed by atoms with Gasteiger partial charge in [0.15, 0.2) is 0 Å². The second-order valence-corrected chi connectivity index (χ2v) is 4.95. The Morgan fingerprint density at radius 2 is 1.84 bits per heavy atom. The number of hydrogen-bond donors (Lipinski definition) is 1. The minimum absolute atomic E-state index is 0.127. The van der Waals surface area contributed by atoms with E-state index in [2.05, 4.69) is 0 Å². The number of piperidine rings is 1. The molecule has 0 unspecified atom stereocenters. The van der Waals surface area contributed by atoms with Gasteiger partial charge < -0.3 is 10.6 Å². The molecular formula is C15H23N3O. The molecule has 0 spiro atoms. The predicted molar refractivity (Wildman–Crippen MR) is 78.2 cm³/mol. The molecule has 0 aliphatic carbocycles. The van der Waals surface area contributed by atoms with E-state index in [1.165, 1.54) is 6.42 Å². The van der Waals surface area contributed by atoms with E-state index >= 15 is 0 Å². The first-order chi connectivity index (χ1) is 9.26. The van der Waals surface area contributed by atoms with Crippen LogP contribution in [0.1, 0.15) is 31.7 Å². The van der Waals surface area contributed by atoms with Crippen molar-refractivity contribution in [2.75, 3.05) is 24.5 Å². The summed E-state index contributed by atoms with van der Waals surface area (Å²) in [6.07, 6.45) is 3.48. The number of benzene rings is 1. The molecule has 1 fully saturated rings. The summed E-state index contributed by atoms with van der Waals surface area (Å²) in [6, 6.07) is 8.06. The van der Waals surface area contributed by atoms with Crippen LogP contribution < -0.4 is 10.6 Å². The molecule has 0 aromatic heterocycles. The summed E-state index contributed by atoms with van der Waals surface area (Å²) in [6.45, 7) is 5.01. The number of anilines is 1. The Kier molecular flexibility index (Phi) is 4.80. The fraction of sp³-hybridized carbons (Fsp3) is 0.533. The van der Waals surface area contributed by atoms with E-state index in [0.29, 0.717) is 13.1 Å². The first kappa shape index (κ1) is 13.9. The lowest BCUT2D eigenvalue weighted by atomic mass is 10.1. The van der Waals surface area contributed by atoms with Crippen LogP contribution in [0, 0.1) is 0 Å². The molecule has 2 rings (SSSR count). The van der Waals surface area contributed by atoms with Gasteiger partial charge in [-0.2, -0.15) is 0 Å². The Hall–Kier alpha value is -1.55. The SMILES string of the molecule is CCN(C(=O)N1CCCCC1)c1ccc(CN)cc1. The van der Waals surface area contributed by atoms with E-state index in [9.17, 15) is 4.79 Å². The quantitative estimate of drug-likeness (QED) is 0.909. The lowest BCUT2D eigenvalue weighted by Crippen LogP contribution is -2.45. The van der Waals surface area contributed by atoms with E-state index in [4.69, 9.17) is 5.73 Å². The molecule has 4 heteroatoms. The molecule has 2 N–H and O–H groups in total. The van der Waals surface area contributed by atoms with E-state index in [-0.39, 0.29) is 6.03 Å². The number of carbonyl (C=O) groups excluding carboxylic acids is 1. The van der Waals surface area contributed by atoms with Gasteiger partial charge in [-0.15, -0.1) is 0 Å². The van der Waals surface area contributed by atoms with Crippen LogP contribution in [0.4, 0.5) is 10.5 Å². The fourth-order valence-electron chi connectivity index (χ4n) is 2.50. The Morgan fingerprint density at radius 1 is 1.21 bits per heavy atom. The minimum atomic E-state index is 0.127. The molecule has 0 atom stereocenters. The van der Waals surface area contributed by atoms with E-state index in [1.54, 1.807) is 0 Å². The molecule has 0 radical (unpaired) electrons. The van der Waals surface area contributed by atoms with Crippen molar-refractivity contribution in [3.05, 3.63) is 29.8 Å². The number of amides is 2. The number of likely N-dealkylation sites (tertiary alicyclic amines) is 1. The van der Waals surface area contributed by atoms with Crippen LogP contribution in [-0.4, -0.2) is 30.6 Å². The fourth-order valence-corrected chi connectivity index (χ4v) is 2.50. The first-order valence-corrected chi connectivity index (χ1v) is 7.11. The Labute approximate surface area is 115 Å². The highest BCUT2D eigenvalue weighted by Crippen LogP contribution is 2.19. The van der Waals surface area contributed by atoms with Gasteiger partial charge in [0, 0.05) is 31.9 Å². The van der Waals surface area contributed by atoms with Crippen LogP contribution in [0.3, 0.4) is 0 Å². The van der Waals surface area contributed by atoms with Crippen molar-refractivity contribution in [1.29, 1.82) is 0 Å². The summed E-state index contributed by atoms with van der Waals surface area (Å²) in [5, 5.41) is 0. The van der Waals surface area contributed by atoms with Crippen molar-refractivity contribution in [2.45, 2.75) is 32.7 Å². The van der Waals surface area contributed by atoms with Crippen molar-refractivity contribution in [1.82, 2.24) is 4.90 Å². The zero-order valence-electron chi connectivity index (χ0n) is 11.6. The van der Waals surface area contributed by atoms with Crippen molar-refractivity contribution in [3.8, 4) is 0 Å². The van der Waals surface area contributed by atoms with Crippen LogP contribution >= 0.6 is 0 Å². The molecule has 1 saturated heterocycles. The van der Waals surface area contributed by atoms with Gasteiger partial charge in [0.2, 0.25) is 0 Å². The summed E-state index contributed by atoms with van der Waals surface area (Å²) in [4.78, 5) is 16.3. The number of nitrogens with two attached hydrogens (primary N) is 1. The average molecular weight is 261 g/mol. The van der Waals surface area contributed by atoms with Gasteiger partial charge in [0.05, 0.1) is 0 Å². The molecule has 19 heavy (non-hydrogen) atoms. The third kappa shape index (κ3) is 3.26. The average Bonchev–Trinajstić information content (AvgIpc) is 2.49. The number of nitrogens with zero attached hydrogens (tertiary/aromatic N) is 2. The smallest absolute Gasteiger partial charge is 0.324 e. The lowest BCUT2D eigenvalue weighted by molar-refractivity contribution is 0.193. The maximum Gasteiger partial charge on any atom is 0.324 e. The molecule has 1 aromatic carbocycles. The minimum Gasteiger partial charge on any atom is -0.326 e. The first-order valence-electron chi connectivity index (χ1n) is 7.11. The van der Waals surface area contributed by atoms with Crippen LogP contribution in [0.25, 0.3) is 0 Å². The van der Waals surface area contributed by atoms with Gasteiger partial charge >= 0.3 is 6.03 Å². The maximum absolute atomic E-state index is 12.5. The molecule has 1 heterocycles. The van der Waals surface area contributed by atoms with Crippen molar-refractivity contribution < 1.29 is 4.79 Å². The number of hydrogen-bond acceptors (Lipinski definition) is 2. The van der Waals surface area contributed by atoms with Crippen molar-refractivity contribution in [2.24, 2.45) is 5.73 Å². The molecule has 4 nitrogen and oxygen atoms in total. The highest BCUT2D eigenvalue weighted by molar-refractivity contribution is 5.92. The summed E-state index contributed by atoms with van der Waals surface area (Å²) < 4.78 is 0. The van der Waals surface area contributed by atoms with Crippen LogP contribution in [-0.2, 0) is 6.54 Å². The number of urea groups is 1. The topological polar surface area (TPSA) is 49.6 Å². The van der Waals surface area contributed by atoms with Gasteiger partial charge in [-0.1, -0.05) is 12.1 Å². The monoisotopic (exact) mass is 261 g/mol. The third-order valence-corrected chi connectivity index (χ3v) is 3.66. The second kappa shape index (κ2) is 6.57. The molecular weight excluding hydrogens is 238 g/mol. The van der Waals surface area contributed by atoms with E-state index in [0.717, 1.165) is 37.2 Å². The van der Waals surface area contributed by atoms with Gasteiger partial charge in [-0.3, -0.25) is 4.90 Å². The van der Waals surface area contributed by atoms with Gasteiger partial charge in [0.25, 0.3) is 0 Å². The predicted octanol–water partition coefficient (Wildman–Crippen LogP) is 2.58. The molecule has 1 aromatic rings. The Morgan fingerprint density at radius 3 is 2.37 bits per heavy atom. The highest BCUT2D eigenvalue weighted by Gasteiger charge is 2.22. The molecule has 1 aliphatic rings. The maximum atomic E-state index is 12.5. The van der Waals surface area contributed by atoms with Crippen LogP contribution in [0.5, 0.6) is 0 Å². The number of rotatable bonds is 3. The lowest BCUT2D eigenvalue weighted by Gasteiger charge is -2.32. The summed E-state index contributed by atoms with van der Waals surface area (Å²) in [5.41, 5.74) is 7.64. The summed E-state index contributed by atoms with van der Waals surface area (Å²) in [5.74, 6) is 0. The zero-order chi connectivity index (χ0) is 13.7. The highest BCUT2D eigenvalue weighted by atomic mass is 16.2. The van der Waals surface area contributed by atoms with Gasteiger partial charge in [0.1, 0.15) is 0 Å². The Balaban J connectivity index is 2.11. The van der Waals surface area contributed by atoms with Crippen LogP contribution in [0.2, 0.25) is 0 Å². The van der Waals surface area contributed by atoms with Gasteiger partial charge in [-0.25, -0.2) is 4.79 Å². The zero-order valence-corrected chi connectivity index (χ0v) is 11.6. The van der Waals surface area contributed by atoms with Gasteiger partial charge in [-0.05, 0) is 43.9 Å². The van der Waals surface area contributed by atoms with E-state index in [1.807, 2.05) is 41.0 Å². The van der Waals surface area contributed by atoms with Crippen molar-refractivity contribution in [3.63, 3.8) is 0 Å².